The zero-order valence-electron chi connectivity index (χ0n) is 18.4. The number of para-hydroxylation sites is 1. The Morgan fingerprint density at radius 1 is 1.13 bits per heavy atom. The van der Waals surface area contributed by atoms with Crippen molar-refractivity contribution in [2.75, 3.05) is 27.8 Å². The smallest absolute Gasteiger partial charge is 0.409 e. The minimum absolute atomic E-state index is 0.241. The van der Waals surface area contributed by atoms with Crippen LogP contribution in [0.1, 0.15) is 30.4 Å². The van der Waals surface area contributed by atoms with E-state index in [4.69, 9.17) is 14.2 Å². The van der Waals surface area contributed by atoms with Gasteiger partial charge in [-0.2, -0.15) is 0 Å². The molecular weight excluding hydrogens is 394 g/mol. The fourth-order valence-corrected chi connectivity index (χ4v) is 4.01. The van der Waals surface area contributed by atoms with Crippen molar-refractivity contribution in [2.45, 2.75) is 37.4 Å². The number of aliphatic hydroxyl groups is 1. The number of hydrogen-bond donors (Lipinski definition) is 1. The van der Waals surface area contributed by atoms with Crippen LogP contribution in [0.15, 0.2) is 60.7 Å². The molecule has 0 fully saturated rings. The third-order valence-corrected chi connectivity index (χ3v) is 5.87. The number of nitrogens with zero attached hydrogens (tertiary/aromatic N) is 1. The molecule has 0 saturated carbocycles. The maximum Gasteiger partial charge on any atom is 0.409 e. The first kappa shape index (κ1) is 22.7. The van der Waals surface area contributed by atoms with Gasteiger partial charge in [0.1, 0.15) is 6.61 Å². The van der Waals surface area contributed by atoms with Crippen LogP contribution in [0.5, 0.6) is 11.5 Å². The van der Waals surface area contributed by atoms with Crippen LogP contribution < -0.4 is 9.47 Å². The summed E-state index contributed by atoms with van der Waals surface area (Å²) < 4.78 is 16.6. The number of hydrogen-bond acceptors (Lipinski definition) is 5. The topological polar surface area (TPSA) is 68.2 Å². The SMILES string of the molecule is COc1cccc(C2(CCN(C)C(=O)OCc3ccccc3)C=CC(O)CC2)c1OC. The van der Waals surface area contributed by atoms with Crippen LogP contribution in [0, 0.1) is 0 Å². The Morgan fingerprint density at radius 2 is 1.90 bits per heavy atom. The number of carbonyl (C=O) groups excluding carboxylic acids is 1. The molecule has 0 aromatic heterocycles. The van der Waals surface area contributed by atoms with Gasteiger partial charge in [0.25, 0.3) is 0 Å². The van der Waals surface area contributed by atoms with Gasteiger partial charge in [-0.3, -0.25) is 0 Å². The van der Waals surface area contributed by atoms with Gasteiger partial charge in [-0.1, -0.05) is 54.6 Å². The lowest BCUT2D eigenvalue weighted by atomic mass is 9.70. The lowest BCUT2D eigenvalue weighted by molar-refractivity contribution is 0.101. The van der Waals surface area contributed by atoms with E-state index in [-0.39, 0.29) is 18.1 Å². The largest absolute Gasteiger partial charge is 0.493 e. The zero-order valence-corrected chi connectivity index (χ0v) is 18.4. The minimum Gasteiger partial charge on any atom is -0.493 e. The number of amides is 1. The number of allylic oxidation sites excluding steroid dienone is 1. The van der Waals surface area contributed by atoms with Gasteiger partial charge in [0.2, 0.25) is 0 Å². The van der Waals surface area contributed by atoms with E-state index < -0.39 is 6.10 Å². The average molecular weight is 426 g/mol. The Bertz CT molecular complexity index is 898. The second-order valence-electron chi connectivity index (χ2n) is 7.87. The summed E-state index contributed by atoms with van der Waals surface area (Å²) in [5.74, 6) is 1.34. The van der Waals surface area contributed by atoms with Crippen LogP contribution in [-0.4, -0.2) is 50.0 Å². The molecule has 166 valence electrons. The summed E-state index contributed by atoms with van der Waals surface area (Å²) in [6.07, 6.45) is 5.09. The summed E-state index contributed by atoms with van der Waals surface area (Å²) in [7, 11) is 4.99. The summed E-state index contributed by atoms with van der Waals surface area (Å²) in [5, 5.41) is 10.0. The highest BCUT2D eigenvalue weighted by Gasteiger charge is 2.36. The molecule has 1 aliphatic rings. The molecule has 0 aliphatic heterocycles. The molecule has 6 nitrogen and oxygen atoms in total. The van der Waals surface area contributed by atoms with E-state index in [1.54, 1.807) is 26.2 Å². The van der Waals surface area contributed by atoms with Gasteiger partial charge in [0.05, 0.1) is 20.3 Å². The highest BCUT2D eigenvalue weighted by atomic mass is 16.6. The quantitative estimate of drug-likeness (QED) is 0.639. The summed E-state index contributed by atoms with van der Waals surface area (Å²) in [4.78, 5) is 14.1. The van der Waals surface area contributed by atoms with E-state index in [1.165, 1.54) is 0 Å². The van der Waals surface area contributed by atoms with Crippen LogP contribution in [0.4, 0.5) is 4.79 Å². The first-order chi connectivity index (χ1) is 15.0. The fourth-order valence-electron chi connectivity index (χ4n) is 4.01. The van der Waals surface area contributed by atoms with Crippen LogP contribution >= 0.6 is 0 Å². The van der Waals surface area contributed by atoms with Crippen molar-refractivity contribution >= 4 is 6.09 Å². The van der Waals surface area contributed by atoms with E-state index in [0.29, 0.717) is 30.9 Å². The van der Waals surface area contributed by atoms with Crippen molar-refractivity contribution in [1.29, 1.82) is 0 Å². The first-order valence-corrected chi connectivity index (χ1v) is 10.5. The van der Waals surface area contributed by atoms with Crippen LogP contribution in [0.3, 0.4) is 0 Å². The lowest BCUT2D eigenvalue weighted by Gasteiger charge is -2.37. The predicted molar refractivity (Wildman–Crippen MR) is 119 cm³/mol. The van der Waals surface area contributed by atoms with Crippen molar-refractivity contribution in [3.8, 4) is 11.5 Å². The van der Waals surface area contributed by atoms with Crippen molar-refractivity contribution in [3.05, 3.63) is 71.8 Å². The Labute approximate surface area is 184 Å². The van der Waals surface area contributed by atoms with Gasteiger partial charge in [0.15, 0.2) is 11.5 Å². The predicted octanol–water partition coefficient (Wildman–Crippen LogP) is 4.31. The molecule has 0 heterocycles. The van der Waals surface area contributed by atoms with Crippen molar-refractivity contribution in [1.82, 2.24) is 4.90 Å². The molecule has 2 aromatic carbocycles. The molecule has 0 bridgehead atoms. The second kappa shape index (κ2) is 10.4. The van der Waals surface area contributed by atoms with E-state index in [9.17, 15) is 9.90 Å². The monoisotopic (exact) mass is 425 g/mol. The van der Waals surface area contributed by atoms with E-state index in [0.717, 1.165) is 17.5 Å². The molecule has 6 heteroatoms. The molecule has 1 aliphatic carbocycles. The number of aliphatic hydroxyl groups excluding tert-OH is 1. The van der Waals surface area contributed by atoms with E-state index in [2.05, 4.69) is 0 Å². The van der Waals surface area contributed by atoms with Gasteiger partial charge >= 0.3 is 6.09 Å². The molecule has 2 aromatic rings. The van der Waals surface area contributed by atoms with Crippen molar-refractivity contribution in [2.24, 2.45) is 0 Å². The zero-order chi connectivity index (χ0) is 22.3. The average Bonchev–Trinajstić information content (AvgIpc) is 2.82. The molecule has 0 spiro atoms. The van der Waals surface area contributed by atoms with E-state index >= 15 is 0 Å². The van der Waals surface area contributed by atoms with Crippen molar-refractivity contribution in [3.63, 3.8) is 0 Å². The number of rotatable bonds is 8. The highest BCUT2D eigenvalue weighted by Crippen LogP contribution is 2.45. The van der Waals surface area contributed by atoms with E-state index in [1.807, 2.05) is 60.7 Å². The molecule has 31 heavy (non-hydrogen) atoms. The first-order valence-electron chi connectivity index (χ1n) is 10.5. The number of ether oxygens (including phenoxy) is 3. The van der Waals surface area contributed by atoms with Gasteiger partial charge in [-0.05, 0) is 30.9 Å². The Kier molecular flexibility index (Phi) is 7.58. The van der Waals surface area contributed by atoms with Crippen molar-refractivity contribution < 1.29 is 24.1 Å². The van der Waals surface area contributed by atoms with Gasteiger partial charge in [-0.15, -0.1) is 0 Å². The number of carbonyl (C=O) groups is 1. The lowest BCUT2D eigenvalue weighted by Crippen LogP contribution is -2.36. The van der Waals surface area contributed by atoms with Crippen LogP contribution in [0.2, 0.25) is 0 Å². The third-order valence-electron chi connectivity index (χ3n) is 5.87. The van der Waals surface area contributed by atoms with Gasteiger partial charge < -0.3 is 24.2 Å². The Balaban J connectivity index is 1.75. The maximum absolute atomic E-state index is 12.5. The molecule has 0 saturated heterocycles. The highest BCUT2D eigenvalue weighted by molar-refractivity contribution is 5.67. The third kappa shape index (κ3) is 5.39. The Morgan fingerprint density at radius 3 is 2.55 bits per heavy atom. The maximum atomic E-state index is 12.5. The van der Waals surface area contributed by atoms with Gasteiger partial charge in [-0.25, -0.2) is 4.79 Å². The number of methoxy groups -OCH3 is 2. The van der Waals surface area contributed by atoms with Crippen LogP contribution in [-0.2, 0) is 16.8 Å². The molecule has 1 amide bonds. The standard InChI is InChI=1S/C25H31NO5/c1-26(24(28)31-18-19-8-5-4-6-9-19)17-16-25(14-12-20(27)13-15-25)21-10-7-11-22(29-2)23(21)30-3/h4-12,14,20,27H,13,15-18H2,1-3H3. The van der Waals surface area contributed by atoms with Crippen LogP contribution in [0.25, 0.3) is 0 Å². The second-order valence-corrected chi connectivity index (χ2v) is 7.87. The summed E-state index contributed by atoms with van der Waals surface area (Å²) in [6.45, 7) is 0.735. The molecule has 0 radical (unpaired) electrons. The Hall–Kier alpha value is -2.99. The number of benzene rings is 2. The summed E-state index contributed by atoms with van der Waals surface area (Å²) in [6, 6.07) is 15.4. The molecule has 3 rings (SSSR count). The molecule has 2 unspecified atom stereocenters. The molecular formula is C25H31NO5. The normalized spacial score (nSPS) is 20.2. The van der Waals surface area contributed by atoms with Gasteiger partial charge in [0, 0.05) is 24.6 Å². The molecule has 2 atom stereocenters. The summed E-state index contributed by atoms with van der Waals surface area (Å²) >= 11 is 0. The minimum atomic E-state index is -0.460. The summed E-state index contributed by atoms with van der Waals surface area (Å²) in [5.41, 5.74) is 1.56. The fraction of sp³-hybridized carbons (Fsp3) is 0.400. The molecule has 1 N–H and O–H groups in total.